The van der Waals surface area contributed by atoms with E-state index in [0.29, 0.717) is 6.04 Å². The molecule has 0 aromatic carbocycles. The lowest BCUT2D eigenvalue weighted by Gasteiger charge is -2.22. The molecule has 1 rings (SSSR count). The molecule has 0 aromatic rings. The summed E-state index contributed by atoms with van der Waals surface area (Å²) in [5, 5.41) is 3.43. The molecule has 1 heterocycles. The predicted octanol–water partition coefficient (Wildman–Crippen LogP) is 1.31. The van der Waals surface area contributed by atoms with Crippen molar-refractivity contribution < 1.29 is 0 Å². The second-order valence-corrected chi connectivity index (χ2v) is 5.01. The summed E-state index contributed by atoms with van der Waals surface area (Å²) >= 11 is 5.16. The Morgan fingerprint density at radius 3 is 2.77 bits per heavy atom. The minimum absolute atomic E-state index is 0.594. The second-order valence-electron chi connectivity index (χ2n) is 4.44. The van der Waals surface area contributed by atoms with E-state index in [1.54, 1.807) is 0 Å². The van der Waals surface area contributed by atoms with Crippen LogP contribution in [0.4, 0.5) is 0 Å². The Labute approximate surface area is 86.7 Å². The molecule has 1 N–H and O–H groups in total. The van der Waals surface area contributed by atoms with E-state index in [1.807, 2.05) is 0 Å². The first-order chi connectivity index (χ1) is 6.08. The van der Waals surface area contributed by atoms with Crippen LogP contribution in [-0.2, 0) is 0 Å². The summed E-state index contributed by atoms with van der Waals surface area (Å²) in [7, 11) is 2.18. The van der Waals surface area contributed by atoms with Crippen molar-refractivity contribution in [2.45, 2.75) is 26.3 Å². The molecule has 0 saturated carbocycles. The van der Waals surface area contributed by atoms with Crippen LogP contribution in [0.3, 0.4) is 0 Å². The topological polar surface area (TPSA) is 15.3 Å². The highest BCUT2D eigenvalue weighted by atomic mass is 32.1. The van der Waals surface area contributed by atoms with Crippen LogP contribution < -0.4 is 5.32 Å². The maximum atomic E-state index is 5.16. The second kappa shape index (κ2) is 5.03. The molecule has 1 aliphatic heterocycles. The van der Waals surface area contributed by atoms with Gasteiger partial charge < -0.3 is 10.2 Å². The van der Waals surface area contributed by atoms with E-state index in [4.69, 9.17) is 12.2 Å². The van der Waals surface area contributed by atoms with Crippen molar-refractivity contribution in [3.63, 3.8) is 0 Å². The number of thiocarbonyl (C=S) groups is 1. The molecule has 0 aliphatic carbocycles. The third-order valence-corrected chi connectivity index (χ3v) is 2.58. The molecule has 0 radical (unpaired) electrons. The summed E-state index contributed by atoms with van der Waals surface area (Å²) < 4.78 is 0. The molecule has 0 bridgehead atoms. The smallest absolute Gasteiger partial charge is 0.0273 e. The number of hydrogen-bond donors (Lipinski definition) is 1. The molecule has 2 nitrogen and oxygen atoms in total. The van der Waals surface area contributed by atoms with E-state index in [2.05, 4.69) is 31.1 Å². The molecule has 3 heteroatoms. The van der Waals surface area contributed by atoms with E-state index in [0.717, 1.165) is 25.4 Å². The minimum Gasteiger partial charge on any atom is -0.308 e. The van der Waals surface area contributed by atoms with Crippen molar-refractivity contribution >= 4 is 17.1 Å². The zero-order chi connectivity index (χ0) is 9.84. The van der Waals surface area contributed by atoms with E-state index >= 15 is 0 Å². The van der Waals surface area contributed by atoms with Gasteiger partial charge in [0.15, 0.2) is 0 Å². The monoisotopic (exact) mass is 200 g/mol. The molecule has 0 aromatic heterocycles. The fourth-order valence-corrected chi connectivity index (χ4v) is 2.17. The van der Waals surface area contributed by atoms with Gasteiger partial charge in [0.1, 0.15) is 0 Å². The number of nitrogens with one attached hydrogen (secondary N) is 1. The van der Waals surface area contributed by atoms with Crippen molar-refractivity contribution in [3.8, 4) is 0 Å². The molecule has 1 unspecified atom stereocenters. The fourth-order valence-electron chi connectivity index (χ4n) is 1.88. The van der Waals surface area contributed by atoms with Gasteiger partial charge in [0, 0.05) is 30.5 Å². The van der Waals surface area contributed by atoms with Gasteiger partial charge in [0.05, 0.1) is 0 Å². The average molecular weight is 200 g/mol. The van der Waals surface area contributed by atoms with Crippen LogP contribution in [0.5, 0.6) is 0 Å². The SMILES string of the molecule is CC(C)CN(C)CC1CC(=S)CN1. The standard InChI is InChI=1S/C10H20N2S/c1-8(2)6-12(3)7-9-4-10(13)5-11-9/h8-9,11H,4-7H2,1-3H3. The Hall–Kier alpha value is 0.01000. The summed E-state index contributed by atoms with van der Waals surface area (Å²) in [6.45, 7) is 7.74. The third-order valence-electron chi connectivity index (χ3n) is 2.27. The van der Waals surface area contributed by atoms with E-state index in [1.165, 1.54) is 11.4 Å². The van der Waals surface area contributed by atoms with E-state index in [-0.39, 0.29) is 0 Å². The van der Waals surface area contributed by atoms with Crippen LogP contribution in [0.15, 0.2) is 0 Å². The average Bonchev–Trinajstić information content (AvgIpc) is 2.33. The Kier molecular flexibility index (Phi) is 4.29. The van der Waals surface area contributed by atoms with Crippen LogP contribution >= 0.6 is 12.2 Å². The zero-order valence-electron chi connectivity index (χ0n) is 8.84. The lowest BCUT2D eigenvalue weighted by atomic mass is 10.2. The molecular formula is C10H20N2S. The van der Waals surface area contributed by atoms with Crippen molar-refractivity contribution in [3.05, 3.63) is 0 Å². The lowest BCUT2D eigenvalue weighted by Crippen LogP contribution is -2.36. The van der Waals surface area contributed by atoms with Gasteiger partial charge in [-0.1, -0.05) is 26.1 Å². The quantitative estimate of drug-likeness (QED) is 0.689. The first-order valence-electron chi connectivity index (χ1n) is 5.01. The molecular weight excluding hydrogens is 180 g/mol. The van der Waals surface area contributed by atoms with Crippen LogP contribution in [0, 0.1) is 5.92 Å². The summed E-state index contributed by atoms with van der Waals surface area (Å²) in [5.74, 6) is 0.748. The van der Waals surface area contributed by atoms with Crippen LogP contribution in [0.1, 0.15) is 20.3 Å². The highest BCUT2D eigenvalue weighted by Crippen LogP contribution is 2.06. The summed E-state index contributed by atoms with van der Waals surface area (Å²) in [5.41, 5.74) is 0. The Morgan fingerprint density at radius 1 is 1.62 bits per heavy atom. The highest BCUT2D eigenvalue weighted by Gasteiger charge is 2.19. The number of rotatable bonds is 4. The number of hydrogen-bond acceptors (Lipinski definition) is 3. The van der Waals surface area contributed by atoms with Gasteiger partial charge in [-0.05, 0) is 19.4 Å². The van der Waals surface area contributed by atoms with Crippen molar-refractivity contribution in [2.75, 3.05) is 26.7 Å². The minimum atomic E-state index is 0.594. The van der Waals surface area contributed by atoms with Crippen molar-refractivity contribution in [1.82, 2.24) is 10.2 Å². The van der Waals surface area contributed by atoms with Gasteiger partial charge in [-0.15, -0.1) is 0 Å². The van der Waals surface area contributed by atoms with Gasteiger partial charge in [-0.3, -0.25) is 0 Å². The normalized spacial score (nSPS) is 23.5. The molecule has 1 atom stereocenters. The maximum absolute atomic E-state index is 5.16. The van der Waals surface area contributed by atoms with E-state index < -0.39 is 0 Å². The van der Waals surface area contributed by atoms with Gasteiger partial charge in [0.25, 0.3) is 0 Å². The lowest BCUT2D eigenvalue weighted by molar-refractivity contribution is 0.271. The Bertz CT molecular complexity index is 180. The van der Waals surface area contributed by atoms with Gasteiger partial charge in [-0.2, -0.15) is 0 Å². The van der Waals surface area contributed by atoms with Crippen molar-refractivity contribution in [1.29, 1.82) is 0 Å². The van der Waals surface area contributed by atoms with Crippen LogP contribution in [0.25, 0.3) is 0 Å². The molecule has 0 spiro atoms. The summed E-state index contributed by atoms with van der Waals surface area (Å²) in [6, 6.07) is 0.594. The van der Waals surface area contributed by atoms with Gasteiger partial charge >= 0.3 is 0 Å². The molecule has 76 valence electrons. The largest absolute Gasteiger partial charge is 0.308 e. The van der Waals surface area contributed by atoms with E-state index in [9.17, 15) is 0 Å². The Balaban J connectivity index is 2.20. The molecule has 1 saturated heterocycles. The molecule has 1 aliphatic rings. The number of nitrogens with zero attached hydrogens (tertiary/aromatic N) is 1. The van der Waals surface area contributed by atoms with Crippen LogP contribution in [0.2, 0.25) is 0 Å². The molecule has 13 heavy (non-hydrogen) atoms. The summed E-state index contributed by atoms with van der Waals surface area (Å²) in [6.07, 6.45) is 1.08. The first-order valence-corrected chi connectivity index (χ1v) is 5.42. The number of likely N-dealkylation sites (N-methyl/N-ethyl adjacent to an activating group) is 1. The zero-order valence-corrected chi connectivity index (χ0v) is 9.66. The van der Waals surface area contributed by atoms with Gasteiger partial charge in [0.2, 0.25) is 0 Å². The first kappa shape index (κ1) is 11.1. The molecule has 1 fully saturated rings. The van der Waals surface area contributed by atoms with Crippen LogP contribution in [-0.4, -0.2) is 42.5 Å². The van der Waals surface area contributed by atoms with Gasteiger partial charge in [-0.25, -0.2) is 0 Å². The molecule has 0 amide bonds. The predicted molar refractivity (Wildman–Crippen MR) is 61.3 cm³/mol. The maximum Gasteiger partial charge on any atom is 0.0273 e. The fraction of sp³-hybridized carbons (Fsp3) is 0.900. The third kappa shape index (κ3) is 4.16. The van der Waals surface area contributed by atoms with Crippen molar-refractivity contribution in [2.24, 2.45) is 5.92 Å². The summed E-state index contributed by atoms with van der Waals surface area (Å²) in [4.78, 5) is 3.57. The Morgan fingerprint density at radius 2 is 2.31 bits per heavy atom. The highest BCUT2D eigenvalue weighted by molar-refractivity contribution is 7.80.